The van der Waals surface area contributed by atoms with Crippen molar-refractivity contribution in [3.63, 3.8) is 0 Å². The van der Waals surface area contributed by atoms with E-state index < -0.39 is 5.56 Å². The Bertz CT molecular complexity index is 679. The molecule has 0 aromatic carbocycles. The first kappa shape index (κ1) is 13.3. The Morgan fingerprint density at radius 3 is 3.00 bits per heavy atom. The Balaban J connectivity index is 1.89. The lowest BCUT2D eigenvalue weighted by atomic mass is 10.2. The van der Waals surface area contributed by atoms with Gasteiger partial charge in [0.15, 0.2) is 0 Å². The van der Waals surface area contributed by atoms with Crippen molar-refractivity contribution in [1.82, 2.24) is 14.9 Å². The summed E-state index contributed by atoms with van der Waals surface area (Å²) < 4.78 is 0. The first-order chi connectivity index (χ1) is 9.65. The Hall–Kier alpha value is -1.66. The molecule has 0 aliphatic heterocycles. The molecule has 0 bridgehead atoms. The second kappa shape index (κ2) is 5.38. The van der Waals surface area contributed by atoms with E-state index in [9.17, 15) is 9.59 Å². The van der Waals surface area contributed by atoms with Gasteiger partial charge in [-0.3, -0.25) is 9.59 Å². The number of carbonyl (C=O) groups is 1. The highest BCUT2D eigenvalue weighted by molar-refractivity contribution is 7.09. The number of thiazole rings is 1. The van der Waals surface area contributed by atoms with Crippen molar-refractivity contribution in [2.24, 2.45) is 0 Å². The fraction of sp³-hybridized carbons (Fsp3) is 0.308. The normalized spacial score (nSPS) is 14.2. The molecular formula is C13H12ClN3O2S. The highest BCUT2D eigenvalue weighted by atomic mass is 35.5. The molecule has 1 amide bonds. The molecule has 3 rings (SSSR count). The number of aromatic nitrogens is 2. The zero-order valence-electron chi connectivity index (χ0n) is 10.5. The maximum atomic E-state index is 12.5. The van der Waals surface area contributed by atoms with Crippen molar-refractivity contribution in [3.05, 3.63) is 49.8 Å². The second-order valence-electron chi connectivity index (χ2n) is 4.65. The molecule has 7 heteroatoms. The van der Waals surface area contributed by atoms with Crippen molar-refractivity contribution in [1.29, 1.82) is 0 Å². The Morgan fingerprint density at radius 2 is 2.35 bits per heavy atom. The number of H-pyrrole nitrogens is 1. The number of pyridine rings is 1. The van der Waals surface area contributed by atoms with Crippen molar-refractivity contribution in [3.8, 4) is 0 Å². The topological polar surface area (TPSA) is 66.1 Å². The van der Waals surface area contributed by atoms with Gasteiger partial charge in [-0.1, -0.05) is 11.6 Å². The quantitative estimate of drug-likeness (QED) is 0.942. The van der Waals surface area contributed by atoms with Crippen LogP contribution in [0, 0.1) is 0 Å². The molecule has 2 aromatic rings. The second-order valence-corrected chi connectivity index (χ2v) is 6.07. The van der Waals surface area contributed by atoms with E-state index in [1.165, 1.54) is 23.6 Å². The van der Waals surface area contributed by atoms with Crippen LogP contribution in [0.1, 0.15) is 28.2 Å². The molecule has 1 aliphatic rings. The van der Waals surface area contributed by atoms with E-state index in [2.05, 4.69) is 9.97 Å². The van der Waals surface area contributed by atoms with Gasteiger partial charge in [0.25, 0.3) is 11.5 Å². The van der Waals surface area contributed by atoms with Crippen LogP contribution < -0.4 is 5.56 Å². The van der Waals surface area contributed by atoms with E-state index >= 15 is 0 Å². The number of halogens is 1. The summed E-state index contributed by atoms with van der Waals surface area (Å²) in [6, 6.07) is 1.62. The van der Waals surface area contributed by atoms with Gasteiger partial charge in [0.2, 0.25) is 0 Å². The first-order valence-corrected chi connectivity index (χ1v) is 7.48. The lowest BCUT2D eigenvalue weighted by Crippen LogP contribution is -2.36. The van der Waals surface area contributed by atoms with E-state index in [1.807, 2.05) is 5.38 Å². The Kier molecular flexibility index (Phi) is 3.58. The smallest absolute Gasteiger partial charge is 0.260 e. The van der Waals surface area contributed by atoms with Crippen LogP contribution in [-0.4, -0.2) is 26.8 Å². The molecule has 0 unspecified atom stereocenters. The number of hydrogen-bond donors (Lipinski definition) is 1. The van der Waals surface area contributed by atoms with Crippen molar-refractivity contribution in [2.45, 2.75) is 25.4 Å². The maximum Gasteiger partial charge on any atom is 0.260 e. The standard InChI is InChI=1S/C13H12ClN3O2S/c14-8-5-10(12(18)16-6-8)13(19)17(9-1-2-9)7-11-15-3-4-20-11/h3-6,9H,1-2,7H2,(H,16,18). The SMILES string of the molecule is O=C(c1cc(Cl)c[nH]c1=O)N(Cc1nccs1)C1CC1. The molecule has 1 N–H and O–H groups in total. The summed E-state index contributed by atoms with van der Waals surface area (Å²) in [7, 11) is 0. The van der Waals surface area contributed by atoms with Gasteiger partial charge in [0.1, 0.15) is 10.6 Å². The minimum Gasteiger partial charge on any atom is -0.329 e. The van der Waals surface area contributed by atoms with E-state index in [0.717, 1.165) is 17.8 Å². The van der Waals surface area contributed by atoms with Crippen LogP contribution in [0.25, 0.3) is 0 Å². The third-order valence-electron chi connectivity index (χ3n) is 3.14. The summed E-state index contributed by atoms with van der Waals surface area (Å²) >= 11 is 7.35. The summed E-state index contributed by atoms with van der Waals surface area (Å²) in [4.78, 5) is 32.7. The molecule has 5 nitrogen and oxygen atoms in total. The molecule has 20 heavy (non-hydrogen) atoms. The van der Waals surface area contributed by atoms with E-state index in [4.69, 9.17) is 11.6 Å². The average molecular weight is 310 g/mol. The predicted molar refractivity (Wildman–Crippen MR) is 77.1 cm³/mol. The van der Waals surface area contributed by atoms with Crippen LogP contribution in [0.3, 0.4) is 0 Å². The average Bonchev–Trinajstić information content (AvgIpc) is 3.15. The minimum absolute atomic E-state index is 0.0842. The third kappa shape index (κ3) is 2.76. The van der Waals surface area contributed by atoms with Gasteiger partial charge in [-0.05, 0) is 18.9 Å². The monoisotopic (exact) mass is 309 g/mol. The highest BCUT2D eigenvalue weighted by Crippen LogP contribution is 2.30. The molecular weight excluding hydrogens is 298 g/mol. The minimum atomic E-state index is -0.413. The molecule has 0 spiro atoms. The van der Waals surface area contributed by atoms with Gasteiger partial charge >= 0.3 is 0 Å². The number of hydrogen-bond acceptors (Lipinski definition) is 4. The van der Waals surface area contributed by atoms with Crippen molar-refractivity contribution < 1.29 is 4.79 Å². The Labute approximate surface area is 124 Å². The summed E-state index contributed by atoms with van der Waals surface area (Å²) in [5.41, 5.74) is -0.329. The van der Waals surface area contributed by atoms with Crippen LogP contribution in [0.4, 0.5) is 0 Å². The summed E-state index contributed by atoms with van der Waals surface area (Å²) in [6.07, 6.45) is 5.02. The lowest BCUT2D eigenvalue weighted by Gasteiger charge is -2.20. The molecule has 0 atom stereocenters. The molecule has 0 radical (unpaired) electrons. The summed E-state index contributed by atoms with van der Waals surface area (Å²) in [5, 5.41) is 3.08. The molecule has 0 saturated heterocycles. The number of rotatable bonds is 4. The van der Waals surface area contributed by atoms with E-state index in [-0.39, 0.29) is 17.5 Å². The fourth-order valence-corrected chi connectivity index (χ4v) is 2.78. The zero-order chi connectivity index (χ0) is 14.1. The first-order valence-electron chi connectivity index (χ1n) is 6.22. The van der Waals surface area contributed by atoms with E-state index in [1.54, 1.807) is 11.1 Å². The van der Waals surface area contributed by atoms with E-state index in [0.29, 0.717) is 11.6 Å². The zero-order valence-corrected chi connectivity index (χ0v) is 12.1. The third-order valence-corrected chi connectivity index (χ3v) is 4.12. The lowest BCUT2D eigenvalue weighted by molar-refractivity contribution is 0.0728. The van der Waals surface area contributed by atoms with Gasteiger partial charge in [-0.2, -0.15) is 0 Å². The van der Waals surface area contributed by atoms with Crippen LogP contribution in [0.2, 0.25) is 5.02 Å². The molecule has 1 fully saturated rings. The van der Waals surface area contributed by atoms with Crippen LogP contribution in [0.5, 0.6) is 0 Å². The number of nitrogens with zero attached hydrogens (tertiary/aromatic N) is 2. The van der Waals surface area contributed by atoms with Crippen molar-refractivity contribution >= 4 is 28.8 Å². The maximum absolute atomic E-state index is 12.5. The summed E-state index contributed by atoms with van der Waals surface area (Å²) in [6.45, 7) is 0.438. The van der Waals surface area contributed by atoms with Crippen molar-refractivity contribution in [2.75, 3.05) is 0 Å². The molecule has 1 aliphatic carbocycles. The molecule has 104 valence electrons. The molecule has 2 heterocycles. The van der Waals surface area contributed by atoms with Gasteiger partial charge in [0, 0.05) is 23.8 Å². The Morgan fingerprint density at radius 1 is 1.55 bits per heavy atom. The highest BCUT2D eigenvalue weighted by Gasteiger charge is 2.34. The van der Waals surface area contributed by atoms with Gasteiger partial charge < -0.3 is 9.88 Å². The summed E-state index contributed by atoms with van der Waals surface area (Å²) in [5.74, 6) is -0.286. The molecule has 1 saturated carbocycles. The number of aromatic amines is 1. The van der Waals surface area contributed by atoms with Crippen LogP contribution in [-0.2, 0) is 6.54 Å². The van der Waals surface area contributed by atoms with Crippen LogP contribution >= 0.6 is 22.9 Å². The van der Waals surface area contributed by atoms with Crippen LogP contribution in [0.15, 0.2) is 28.6 Å². The number of carbonyl (C=O) groups excluding carboxylic acids is 1. The fourth-order valence-electron chi connectivity index (χ4n) is 2.00. The number of amides is 1. The number of nitrogens with one attached hydrogen (secondary N) is 1. The van der Waals surface area contributed by atoms with Gasteiger partial charge in [0.05, 0.1) is 11.6 Å². The van der Waals surface area contributed by atoms with Gasteiger partial charge in [-0.15, -0.1) is 11.3 Å². The van der Waals surface area contributed by atoms with Gasteiger partial charge in [-0.25, -0.2) is 4.98 Å². The predicted octanol–water partition coefficient (Wildman–Crippen LogP) is 2.29. The molecule has 2 aromatic heterocycles. The largest absolute Gasteiger partial charge is 0.329 e.